The zero-order valence-electron chi connectivity index (χ0n) is 14.0. The van der Waals surface area contributed by atoms with Crippen LogP contribution in [0.3, 0.4) is 0 Å². The molecule has 0 radical (unpaired) electrons. The number of piperazine rings is 1. The molecular formula is C18H36N2. The number of rotatable bonds is 9. The Hall–Kier alpha value is -0.0800. The summed E-state index contributed by atoms with van der Waals surface area (Å²) in [5, 5.41) is 3.82. The van der Waals surface area contributed by atoms with E-state index >= 15 is 0 Å². The molecule has 0 aromatic carbocycles. The summed E-state index contributed by atoms with van der Waals surface area (Å²) in [5.74, 6) is 1.78. The van der Waals surface area contributed by atoms with E-state index in [-0.39, 0.29) is 0 Å². The van der Waals surface area contributed by atoms with Gasteiger partial charge in [0, 0.05) is 25.2 Å². The largest absolute Gasteiger partial charge is 0.311 e. The molecule has 0 amide bonds. The summed E-state index contributed by atoms with van der Waals surface area (Å²) < 4.78 is 0. The monoisotopic (exact) mass is 280 g/mol. The van der Waals surface area contributed by atoms with Crippen LogP contribution in [0.4, 0.5) is 0 Å². The average molecular weight is 281 g/mol. The molecule has 1 aliphatic heterocycles. The highest BCUT2D eigenvalue weighted by Gasteiger charge is 2.37. The van der Waals surface area contributed by atoms with Crippen LogP contribution in [0.15, 0.2) is 0 Å². The molecule has 1 heterocycles. The van der Waals surface area contributed by atoms with Crippen LogP contribution in [0.2, 0.25) is 0 Å². The lowest BCUT2D eigenvalue weighted by Crippen LogP contribution is -2.59. The molecule has 2 nitrogen and oxygen atoms in total. The highest BCUT2D eigenvalue weighted by Crippen LogP contribution is 2.34. The lowest BCUT2D eigenvalue weighted by Gasteiger charge is -2.42. The molecule has 2 rings (SSSR count). The SMILES string of the molecule is CCCCCCCCN1CC(C2CC2)NCC1C(C)C. The van der Waals surface area contributed by atoms with Gasteiger partial charge in [-0.3, -0.25) is 4.90 Å². The van der Waals surface area contributed by atoms with Gasteiger partial charge in [-0.05, 0) is 37.6 Å². The van der Waals surface area contributed by atoms with Crippen molar-refractivity contribution in [2.75, 3.05) is 19.6 Å². The fourth-order valence-electron chi connectivity index (χ4n) is 3.68. The van der Waals surface area contributed by atoms with E-state index in [9.17, 15) is 0 Å². The summed E-state index contributed by atoms with van der Waals surface area (Å²) in [5.41, 5.74) is 0. The van der Waals surface area contributed by atoms with Crippen LogP contribution in [0.5, 0.6) is 0 Å². The second-order valence-corrected chi connectivity index (χ2v) is 7.43. The topological polar surface area (TPSA) is 15.3 Å². The van der Waals surface area contributed by atoms with Crippen molar-refractivity contribution in [1.82, 2.24) is 10.2 Å². The zero-order chi connectivity index (χ0) is 14.4. The number of nitrogens with one attached hydrogen (secondary N) is 1. The smallest absolute Gasteiger partial charge is 0.0244 e. The summed E-state index contributed by atoms with van der Waals surface area (Å²) >= 11 is 0. The summed E-state index contributed by atoms with van der Waals surface area (Å²) in [6, 6.07) is 1.56. The molecule has 118 valence electrons. The fourth-order valence-corrected chi connectivity index (χ4v) is 3.68. The Morgan fingerprint density at radius 1 is 1.05 bits per heavy atom. The minimum absolute atomic E-state index is 0.764. The summed E-state index contributed by atoms with van der Waals surface area (Å²) in [7, 11) is 0. The first kappa shape index (κ1) is 16.3. The van der Waals surface area contributed by atoms with Gasteiger partial charge < -0.3 is 5.32 Å². The van der Waals surface area contributed by atoms with E-state index < -0.39 is 0 Å². The minimum Gasteiger partial charge on any atom is -0.311 e. The third kappa shape index (κ3) is 5.04. The maximum Gasteiger partial charge on any atom is 0.0244 e. The predicted molar refractivity (Wildman–Crippen MR) is 88.1 cm³/mol. The van der Waals surface area contributed by atoms with Crippen LogP contribution in [-0.4, -0.2) is 36.6 Å². The molecule has 2 fully saturated rings. The molecule has 0 bridgehead atoms. The van der Waals surface area contributed by atoms with Crippen LogP contribution in [0, 0.1) is 11.8 Å². The van der Waals surface area contributed by atoms with Gasteiger partial charge in [0.2, 0.25) is 0 Å². The second kappa shape index (κ2) is 8.38. The molecule has 0 aromatic rings. The standard InChI is InChI=1S/C18H36N2/c1-4-5-6-7-8-9-12-20-14-17(16-10-11-16)19-13-18(20)15(2)3/h15-19H,4-14H2,1-3H3. The van der Waals surface area contributed by atoms with Gasteiger partial charge in [0.05, 0.1) is 0 Å². The van der Waals surface area contributed by atoms with Crippen LogP contribution in [0.1, 0.15) is 72.1 Å². The van der Waals surface area contributed by atoms with Crippen molar-refractivity contribution in [3.8, 4) is 0 Å². The van der Waals surface area contributed by atoms with Gasteiger partial charge >= 0.3 is 0 Å². The molecule has 2 unspecified atom stereocenters. The van der Waals surface area contributed by atoms with Gasteiger partial charge in [0.25, 0.3) is 0 Å². The Labute approximate surface area is 126 Å². The van der Waals surface area contributed by atoms with Gasteiger partial charge in [-0.15, -0.1) is 0 Å². The molecule has 0 spiro atoms. The average Bonchev–Trinajstić information content (AvgIpc) is 3.27. The molecule has 20 heavy (non-hydrogen) atoms. The first-order chi connectivity index (χ1) is 9.72. The van der Waals surface area contributed by atoms with Crippen molar-refractivity contribution >= 4 is 0 Å². The highest BCUT2D eigenvalue weighted by molar-refractivity contribution is 4.95. The Bertz CT molecular complexity index is 260. The van der Waals surface area contributed by atoms with Crippen LogP contribution in [-0.2, 0) is 0 Å². The summed E-state index contributed by atoms with van der Waals surface area (Å²) in [4.78, 5) is 2.81. The molecule has 1 aliphatic carbocycles. The van der Waals surface area contributed by atoms with Crippen molar-refractivity contribution < 1.29 is 0 Å². The Morgan fingerprint density at radius 2 is 1.75 bits per heavy atom. The summed E-state index contributed by atoms with van der Waals surface area (Å²) in [6.07, 6.45) is 11.4. The van der Waals surface area contributed by atoms with E-state index in [4.69, 9.17) is 0 Å². The molecule has 2 atom stereocenters. The van der Waals surface area contributed by atoms with Crippen LogP contribution >= 0.6 is 0 Å². The van der Waals surface area contributed by atoms with Crippen molar-refractivity contribution in [3.05, 3.63) is 0 Å². The lowest BCUT2D eigenvalue weighted by atomic mass is 9.96. The molecule has 1 saturated heterocycles. The van der Waals surface area contributed by atoms with E-state index in [1.165, 1.54) is 71.0 Å². The molecule has 1 N–H and O–H groups in total. The number of hydrogen-bond donors (Lipinski definition) is 1. The molecule has 2 aliphatic rings. The van der Waals surface area contributed by atoms with Crippen LogP contribution < -0.4 is 5.32 Å². The van der Waals surface area contributed by atoms with E-state index in [2.05, 4.69) is 31.0 Å². The predicted octanol–water partition coefficient (Wildman–Crippen LogP) is 4.06. The Kier molecular flexibility index (Phi) is 6.83. The first-order valence-electron chi connectivity index (χ1n) is 9.19. The zero-order valence-corrected chi connectivity index (χ0v) is 14.0. The van der Waals surface area contributed by atoms with Gasteiger partial charge in [-0.25, -0.2) is 0 Å². The third-order valence-corrected chi connectivity index (χ3v) is 5.25. The number of unbranched alkanes of at least 4 members (excludes halogenated alkanes) is 5. The highest BCUT2D eigenvalue weighted by atomic mass is 15.2. The second-order valence-electron chi connectivity index (χ2n) is 7.43. The van der Waals surface area contributed by atoms with Crippen molar-refractivity contribution in [3.63, 3.8) is 0 Å². The maximum atomic E-state index is 3.82. The van der Waals surface area contributed by atoms with Crippen molar-refractivity contribution in [2.45, 2.75) is 84.2 Å². The lowest BCUT2D eigenvalue weighted by molar-refractivity contribution is 0.0903. The van der Waals surface area contributed by atoms with E-state index in [1.54, 1.807) is 0 Å². The van der Waals surface area contributed by atoms with Crippen LogP contribution in [0.25, 0.3) is 0 Å². The van der Waals surface area contributed by atoms with Gasteiger partial charge in [0.1, 0.15) is 0 Å². The number of hydrogen-bond acceptors (Lipinski definition) is 2. The van der Waals surface area contributed by atoms with Crippen molar-refractivity contribution in [2.24, 2.45) is 11.8 Å². The third-order valence-electron chi connectivity index (χ3n) is 5.25. The Morgan fingerprint density at radius 3 is 2.40 bits per heavy atom. The van der Waals surface area contributed by atoms with E-state index in [1.807, 2.05) is 0 Å². The summed E-state index contributed by atoms with van der Waals surface area (Å²) in [6.45, 7) is 10.9. The molecule has 1 saturated carbocycles. The van der Waals surface area contributed by atoms with Gasteiger partial charge in [-0.2, -0.15) is 0 Å². The van der Waals surface area contributed by atoms with Gasteiger partial charge in [0.15, 0.2) is 0 Å². The normalized spacial score (nSPS) is 28.2. The number of nitrogens with zero attached hydrogens (tertiary/aromatic N) is 1. The van der Waals surface area contributed by atoms with Gasteiger partial charge in [-0.1, -0.05) is 52.9 Å². The molecule has 2 heteroatoms. The van der Waals surface area contributed by atoms with E-state index in [0.717, 1.165) is 23.9 Å². The van der Waals surface area contributed by atoms with Crippen molar-refractivity contribution in [1.29, 1.82) is 0 Å². The first-order valence-corrected chi connectivity index (χ1v) is 9.19. The molecular weight excluding hydrogens is 244 g/mol. The quantitative estimate of drug-likeness (QED) is 0.641. The Balaban J connectivity index is 1.69. The van der Waals surface area contributed by atoms with E-state index in [0.29, 0.717) is 0 Å². The fraction of sp³-hybridized carbons (Fsp3) is 1.00. The minimum atomic E-state index is 0.764. The maximum absolute atomic E-state index is 3.82. The molecule has 0 aromatic heterocycles.